The van der Waals surface area contributed by atoms with Crippen LogP contribution in [-0.2, 0) is 11.2 Å². The van der Waals surface area contributed by atoms with Crippen molar-refractivity contribution in [3.05, 3.63) is 65.2 Å². The van der Waals surface area contributed by atoms with Gasteiger partial charge in [-0.2, -0.15) is 0 Å². The van der Waals surface area contributed by atoms with Crippen LogP contribution in [0.25, 0.3) is 0 Å². The maximum absolute atomic E-state index is 11.8. The van der Waals surface area contributed by atoms with Crippen molar-refractivity contribution in [1.29, 1.82) is 0 Å². The number of ketones is 1. The molecule has 2 rings (SSSR count). The topological polar surface area (TPSA) is 29.1 Å². The van der Waals surface area contributed by atoms with E-state index in [1.54, 1.807) is 0 Å². The summed E-state index contributed by atoms with van der Waals surface area (Å²) in [4.78, 5) is 11.8. The van der Waals surface area contributed by atoms with Crippen molar-refractivity contribution in [3.63, 3.8) is 0 Å². The third kappa shape index (κ3) is 4.76. The molecule has 2 aromatic rings. The molecular weight excluding hydrogens is 258 g/mol. The Kier molecular flexibility index (Phi) is 4.99. The van der Waals surface area contributed by atoms with Crippen molar-refractivity contribution in [3.8, 4) is 0 Å². The van der Waals surface area contributed by atoms with Crippen molar-refractivity contribution < 1.29 is 4.79 Å². The van der Waals surface area contributed by atoms with Gasteiger partial charge in [0.1, 0.15) is 5.78 Å². The first-order valence-corrected chi connectivity index (χ1v) is 6.67. The van der Waals surface area contributed by atoms with Gasteiger partial charge in [-0.1, -0.05) is 41.9 Å². The van der Waals surface area contributed by atoms with Gasteiger partial charge >= 0.3 is 0 Å². The summed E-state index contributed by atoms with van der Waals surface area (Å²) in [6.45, 7) is 0.663. The minimum Gasteiger partial charge on any atom is -0.385 e. The largest absolute Gasteiger partial charge is 0.385 e. The SMILES string of the molecule is O=C(CCNc1ccccc1)Cc1ccc(Cl)cc1. The molecule has 0 fully saturated rings. The summed E-state index contributed by atoms with van der Waals surface area (Å²) >= 11 is 5.80. The Labute approximate surface area is 118 Å². The van der Waals surface area contributed by atoms with Gasteiger partial charge in [0.25, 0.3) is 0 Å². The Bertz CT molecular complexity index is 522. The van der Waals surface area contributed by atoms with E-state index in [-0.39, 0.29) is 5.78 Å². The Morgan fingerprint density at radius 1 is 1.00 bits per heavy atom. The number of benzene rings is 2. The van der Waals surface area contributed by atoms with Gasteiger partial charge in [-0.05, 0) is 29.8 Å². The average Bonchev–Trinajstić information content (AvgIpc) is 2.43. The predicted octanol–water partition coefficient (Wildman–Crippen LogP) is 3.95. The second kappa shape index (κ2) is 6.95. The Balaban J connectivity index is 1.74. The van der Waals surface area contributed by atoms with E-state index >= 15 is 0 Å². The molecule has 0 aliphatic carbocycles. The van der Waals surface area contributed by atoms with Crippen LogP contribution in [0.15, 0.2) is 54.6 Å². The normalized spacial score (nSPS) is 10.2. The maximum atomic E-state index is 11.8. The molecule has 0 bridgehead atoms. The molecule has 0 saturated heterocycles. The lowest BCUT2D eigenvalue weighted by molar-refractivity contribution is -0.118. The van der Waals surface area contributed by atoms with Gasteiger partial charge in [0, 0.05) is 30.1 Å². The van der Waals surface area contributed by atoms with Crippen LogP contribution in [0.5, 0.6) is 0 Å². The minimum atomic E-state index is 0.228. The number of carbonyl (C=O) groups excluding carboxylic acids is 1. The summed E-state index contributed by atoms with van der Waals surface area (Å²) < 4.78 is 0. The standard InChI is InChI=1S/C16H16ClNO/c17-14-8-6-13(7-9-14)12-16(19)10-11-18-15-4-2-1-3-5-15/h1-9,18H,10-12H2. The number of para-hydroxylation sites is 1. The molecule has 0 amide bonds. The molecule has 0 aromatic heterocycles. The first kappa shape index (κ1) is 13.6. The molecule has 0 saturated carbocycles. The number of hydrogen-bond acceptors (Lipinski definition) is 2. The number of halogens is 1. The van der Waals surface area contributed by atoms with Crippen LogP contribution in [0.1, 0.15) is 12.0 Å². The van der Waals surface area contributed by atoms with Crippen LogP contribution in [-0.4, -0.2) is 12.3 Å². The molecule has 19 heavy (non-hydrogen) atoms. The molecule has 0 spiro atoms. The molecule has 0 aliphatic rings. The smallest absolute Gasteiger partial charge is 0.139 e. The number of hydrogen-bond donors (Lipinski definition) is 1. The van der Waals surface area contributed by atoms with Gasteiger partial charge in [-0.15, -0.1) is 0 Å². The van der Waals surface area contributed by atoms with E-state index in [9.17, 15) is 4.79 Å². The third-order valence-electron chi connectivity index (χ3n) is 2.82. The number of rotatable bonds is 6. The summed E-state index contributed by atoms with van der Waals surface area (Å²) in [5.74, 6) is 0.228. The van der Waals surface area contributed by atoms with Gasteiger partial charge in [-0.25, -0.2) is 0 Å². The number of Topliss-reactive ketones (excluding diaryl/α,β-unsaturated/α-hetero) is 1. The van der Waals surface area contributed by atoms with Gasteiger partial charge in [0.15, 0.2) is 0 Å². The average molecular weight is 274 g/mol. The lowest BCUT2D eigenvalue weighted by Gasteiger charge is -2.05. The summed E-state index contributed by atoms with van der Waals surface area (Å²) in [6.07, 6.45) is 0.991. The van der Waals surface area contributed by atoms with Crippen LogP contribution in [0, 0.1) is 0 Å². The first-order valence-electron chi connectivity index (χ1n) is 6.29. The lowest BCUT2D eigenvalue weighted by Crippen LogP contribution is -2.10. The maximum Gasteiger partial charge on any atom is 0.139 e. The zero-order valence-corrected chi connectivity index (χ0v) is 11.4. The highest BCUT2D eigenvalue weighted by molar-refractivity contribution is 6.30. The quantitative estimate of drug-likeness (QED) is 0.863. The van der Waals surface area contributed by atoms with Crippen molar-refractivity contribution >= 4 is 23.1 Å². The number of nitrogens with one attached hydrogen (secondary N) is 1. The van der Waals surface area contributed by atoms with Crippen LogP contribution >= 0.6 is 11.6 Å². The Morgan fingerprint density at radius 3 is 2.37 bits per heavy atom. The zero-order chi connectivity index (χ0) is 13.5. The number of carbonyl (C=O) groups is 1. The zero-order valence-electron chi connectivity index (χ0n) is 10.6. The van der Waals surface area contributed by atoms with E-state index in [4.69, 9.17) is 11.6 Å². The monoisotopic (exact) mass is 273 g/mol. The van der Waals surface area contributed by atoms with E-state index < -0.39 is 0 Å². The second-order valence-electron chi connectivity index (χ2n) is 4.38. The first-order chi connectivity index (χ1) is 9.24. The molecule has 0 atom stereocenters. The molecule has 98 valence electrons. The van der Waals surface area contributed by atoms with Crippen molar-refractivity contribution in [2.24, 2.45) is 0 Å². The summed E-state index contributed by atoms with van der Waals surface area (Å²) in [6, 6.07) is 17.3. The Hall–Kier alpha value is -1.80. The molecule has 0 heterocycles. The fraction of sp³-hybridized carbons (Fsp3) is 0.188. The lowest BCUT2D eigenvalue weighted by atomic mass is 10.1. The third-order valence-corrected chi connectivity index (χ3v) is 3.07. The van der Waals surface area contributed by atoms with E-state index in [0.717, 1.165) is 11.3 Å². The molecule has 0 aliphatic heterocycles. The van der Waals surface area contributed by atoms with Gasteiger partial charge in [-0.3, -0.25) is 4.79 Å². The highest BCUT2D eigenvalue weighted by atomic mass is 35.5. The fourth-order valence-electron chi connectivity index (χ4n) is 1.82. The van der Waals surface area contributed by atoms with Crippen molar-refractivity contribution in [2.75, 3.05) is 11.9 Å². The molecule has 3 heteroatoms. The molecule has 1 N–H and O–H groups in total. The van der Waals surface area contributed by atoms with Crippen LogP contribution in [0.3, 0.4) is 0 Å². The predicted molar refractivity (Wildman–Crippen MR) is 79.7 cm³/mol. The summed E-state index contributed by atoms with van der Waals surface area (Å²) in [5.41, 5.74) is 2.05. The van der Waals surface area contributed by atoms with Gasteiger partial charge < -0.3 is 5.32 Å². The van der Waals surface area contributed by atoms with Gasteiger partial charge in [0.2, 0.25) is 0 Å². The highest BCUT2D eigenvalue weighted by Gasteiger charge is 2.03. The fourth-order valence-corrected chi connectivity index (χ4v) is 1.95. The van der Waals surface area contributed by atoms with Crippen LogP contribution < -0.4 is 5.32 Å². The van der Waals surface area contributed by atoms with E-state index in [0.29, 0.717) is 24.4 Å². The number of anilines is 1. The van der Waals surface area contributed by atoms with Gasteiger partial charge in [0.05, 0.1) is 0 Å². The van der Waals surface area contributed by atoms with Crippen molar-refractivity contribution in [1.82, 2.24) is 0 Å². The Morgan fingerprint density at radius 2 is 1.68 bits per heavy atom. The molecule has 2 nitrogen and oxygen atoms in total. The van der Waals surface area contributed by atoms with E-state index in [2.05, 4.69) is 5.32 Å². The second-order valence-corrected chi connectivity index (χ2v) is 4.82. The molecule has 2 aromatic carbocycles. The van der Waals surface area contributed by atoms with E-state index in [1.807, 2.05) is 54.6 Å². The van der Waals surface area contributed by atoms with Crippen molar-refractivity contribution in [2.45, 2.75) is 12.8 Å². The van der Waals surface area contributed by atoms with Crippen LogP contribution in [0.2, 0.25) is 5.02 Å². The molecular formula is C16H16ClNO. The van der Waals surface area contributed by atoms with E-state index in [1.165, 1.54) is 0 Å². The van der Waals surface area contributed by atoms with Crippen LogP contribution in [0.4, 0.5) is 5.69 Å². The molecule has 0 radical (unpaired) electrons. The summed E-state index contributed by atoms with van der Waals surface area (Å²) in [7, 11) is 0. The highest BCUT2D eigenvalue weighted by Crippen LogP contribution is 2.11. The molecule has 0 unspecified atom stereocenters. The minimum absolute atomic E-state index is 0.228. The summed E-state index contributed by atoms with van der Waals surface area (Å²) in [5, 5.41) is 3.92.